The van der Waals surface area contributed by atoms with E-state index in [2.05, 4.69) is 5.32 Å². The lowest BCUT2D eigenvalue weighted by Gasteiger charge is -2.28. The van der Waals surface area contributed by atoms with Crippen LogP contribution in [0.1, 0.15) is 39.4 Å². The second-order valence-electron chi connectivity index (χ2n) is 5.62. The van der Waals surface area contributed by atoms with E-state index in [1.165, 1.54) is 0 Å². The Kier molecular flexibility index (Phi) is 3.13. The van der Waals surface area contributed by atoms with E-state index in [-0.39, 0.29) is 11.6 Å². The Morgan fingerprint density at radius 2 is 2.24 bits per heavy atom. The van der Waals surface area contributed by atoms with E-state index in [0.29, 0.717) is 12.6 Å². The van der Waals surface area contributed by atoms with Crippen LogP contribution in [0.15, 0.2) is 22.8 Å². The number of hydrogen-bond acceptors (Lipinski definition) is 2. The molecular formula is C13H20N2O2. The van der Waals surface area contributed by atoms with Gasteiger partial charge in [0.05, 0.1) is 12.8 Å². The van der Waals surface area contributed by atoms with E-state index in [4.69, 9.17) is 4.42 Å². The van der Waals surface area contributed by atoms with Gasteiger partial charge in [-0.1, -0.05) is 0 Å². The number of furan rings is 1. The van der Waals surface area contributed by atoms with Crippen LogP contribution in [-0.4, -0.2) is 22.5 Å². The van der Waals surface area contributed by atoms with Gasteiger partial charge in [0, 0.05) is 11.6 Å². The maximum Gasteiger partial charge on any atom is 0.318 e. The molecule has 1 aliphatic rings. The zero-order valence-corrected chi connectivity index (χ0v) is 10.7. The molecule has 1 saturated carbocycles. The molecule has 1 aromatic heterocycles. The second kappa shape index (κ2) is 4.43. The number of amides is 2. The Hall–Kier alpha value is -1.45. The third-order valence-electron chi connectivity index (χ3n) is 2.64. The Labute approximate surface area is 102 Å². The first-order valence-corrected chi connectivity index (χ1v) is 6.07. The van der Waals surface area contributed by atoms with Gasteiger partial charge in [-0.25, -0.2) is 4.79 Å². The summed E-state index contributed by atoms with van der Waals surface area (Å²) in [6, 6.07) is 4.13. The van der Waals surface area contributed by atoms with Gasteiger partial charge in [-0.3, -0.25) is 0 Å². The minimum atomic E-state index is -0.201. The van der Waals surface area contributed by atoms with Gasteiger partial charge in [-0.15, -0.1) is 0 Å². The van der Waals surface area contributed by atoms with E-state index in [9.17, 15) is 4.79 Å². The largest absolute Gasteiger partial charge is 0.467 e. The van der Waals surface area contributed by atoms with Crippen molar-refractivity contribution in [2.75, 3.05) is 0 Å². The second-order valence-corrected chi connectivity index (χ2v) is 5.62. The summed E-state index contributed by atoms with van der Waals surface area (Å²) in [6.07, 6.45) is 3.83. The first-order chi connectivity index (χ1) is 7.96. The highest BCUT2D eigenvalue weighted by molar-refractivity contribution is 5.75. The molecule has 0 bridgehead atoms. The van der Waals surface area contributed by atoms with Crippen LogP contribution in [-0.2, 0) is 6.54 Å². The van der Waals surface area contributed by atoms with Crippen LogP contribution in [0.4, 0.5) is 4.79 Å². The van der Waals surface area contributed by atoms with Crippen LogP contribution in [0.25, 0.3) is 0 Å². The van der Waals surface area contributed by atoms with Gasteiger partial charge in [-0.2, -0.15) is 0 Å². The summed E-state index contributed by atoms with van der Waals surface area (Å²) in [7, 11) is 0. The maximum absolute atomic E-state index is 12.1. The van der Waals surface area contributed by atoms with Crippen molar-refractivity contribution in [2.45, 2.75) is 51.7 Å². The van der Waals surface area contributed by atoms with Crippen LogP contribution < -0.4 is 5.32 Å². The van der Waals surface area contributed by atoms with Crippen molar-refractivity contribution < 1.29 is 9.21 Å². The van der Waals surface area contributed by atoms with Gasteiger partial charge in [0.2, 0.25) is 0 Å². The molecule has 1 aliphatic carbocycles. The highest BCUT2D eigenvalue weighted by atomic mass is 16.3. The van der Waals surface area contributed by atoms with E-state index in [1.807, 2.05) is 37.8 Å². The van der Waals surface area contributed by atoms with Crippen molar-refractivity contribution in [3.63, 3.8) is 0 Å². The Balaban J connectivity index is 1.99. The summed E-state index contributed by atoms with van der Waals surface area (Å²) in [6.45, 7) is 6.52. The van der Waals surface area contributed by atoms with Gasteiger partial charge >= 0.3 is 6.03 Å². The van der Waals surface area contributed by atoms with E-state index >= 15 is 0 Å². The summed E-state index contributed by atoms with van der Waals surface area (Å²) in [5.41, 5.74) is -0.201. The Bertz CT molecular complexity index is 375. The molecule has 17 heavy (non-hydrogen) atoms. The summed E-state index contributed by atoms with van der Waals surface area (Å²) >= 11 is 0. The zero-order chi connectivity index (χ0) is 12.5. The first-order valence-electron chi connectivity index (χ1n) is 6.07. The minimum Gasteiger partial charge on any atom is -0.467 e. The molecular weight excluding hydrogens is 216 g/mol. The van der Waals surface area contributed by atoms with Gasteiger partial charge < -0.3 is 14.6 Å². The smallest absolute Gasteiger partial charge is 0.318 e. The Morgan fingerprint density at radius 3 is 2.71 bits per heavy atom. The first kappa shape index (κ1) is 12.0. The zero-order valence-electron chi connectivity index (χ0n) is 10.7. The SMILES string of the molecule is CC(C)(C)NC(=O)N(Cc1ccco1)C1CC1. The summed E-state index contributed by atoms with van der Waals surface area (Å²) in [5.74, 6) is 0.834. The molecule has 0 spiro atoms. The maximum atomic E-state index is 12.1. The highest BCUT2D eigenvalue weighted by Gasteiger charge is 2.34. The summed E-state index contributed by atoms with van der Waals surface area (Å²) < 4.78 is 5.30. The quantitative estimate of drug-likeness (QED) is 0.877. The van der Waals surface area contributed by atoms with Crippen molar-refractivity contribution in [2.24, 2.45) is 0 Å². The van der Waals surface area contributed by atoms with Crippen molar-refractivity contribution in [3.8, 4) is 0 Å². The molecule has 1 N–H and O–H groups in total. The summed E-state index contributed by atoms with van der Waals surface area (Å²) in [4.78, 5) is 14.0. The minimum absolute atomic E-state index is 0.00333. The molecule has 4 heteroatoms. The van der Waals surface area contributed by atoms with Crippen molar-refractivity contribution in [1.82, 2.24) is 10.2 Å². The van der Waals surface area contributed by atoms with E-state index in [1.54, 1.807) is 6.26 Å². The van der Waals surface area contributed by atoms with Crippen LogP contribution in [0.3, 0.4) is 0 Å². The molecule has 2 amide bonds. The number of carbonyl (C=O) groups excluding carboxylic acids is 1. The van der Waals surface area contributed by atoms with Crippen LogP contribution in [0.2, 0.25) is 0 Å². The van der Waals surface area contributed by atoms with Crippen molar-refractivity contribution >= 4 is 6.03 Å². The molecule has 4 nitrogen and oxygen atoms in total. The van der Waals surface area contributed by atoms with Crippen LogP contribution in [0.5, 0.6) is 0 Å². The van der Waals surface area contributed by atoms with Crippen LogP contribution >= 0.6 is 0 Å². The number of carbonyl (C=O) groups is 1. The fourth-order valence-electron chi connectivity index (χ4n) is 1.72. The molecule has 2 rings (SSSR count). The lowest BCUT2D eigenvalue weighted by Crippen LogP contribution is -2.48. The standard InChI is InChI=1S/C13H20N2O2/c1-13(2,3)14-12(16)15(10-6-7-10)9-11-5-4-8-17-11/h4-5,8,10H,6-7,9H2,1-3H3,(H,14,16). The lowest BCUT2D eigenvalue weighted by molar-refractivity contribution is 0.178. The molecule has 1 aromatic rings. The molecule has 1 fully saturated rings. The molecule has 0 atom stereocenters. The molecule has 1 heterocycles. The number of hydrogen-bond donors (Lipinski definition) is 1. The molecule has 0 aliphatic heterocycles. The molecule has 0 aromatic carbocycles. The van der Waals surface area contributed by atoms with Crippen molar-refractivity contribution in [1.29, 1.82) is 0 Å². The normalized spacial score (nSPS) is 15.7. The van der Waals surface area contributed by atoms with Gasteiger partial charge in [0.25, 0.3) is 0 Å². The molecule has 94 valence electrons. The summed E-state index contributed by atoms with van der Waals surface area (Å²) in [5, 5.41) is 3.00. The fourth-order valence-corrected chi connectivity index (χ4v) is 1.72. The molecule has 0 saturated heterocycles. The topological polar surface area (TPSA) is 45.5 Å². The molecule has 0 radical (unpaired) electrons. The molecule has 0 unspecified atom stereocenters. The predicted molar refractivity (Wildman–Crippen MR) is 65.6 cm³/mol. The third-order valence-corrected chi connectivity index (χ3v) is 2.64. The number of urea groups is 1. The van der Waals surface area contributed by atoms with E-state index in [0.717, 1.165) is 18.6 Å². The lowest BCUT2D eigenvalue weighted by atomic mass is 10.1. The van der Waals surface area contributed by atoms with Crippen LogP contribution in [0, 0.1) is 0 Å². The predicted octanol–water partition coefficient (Wildman–Crippen LogP) is 2.75. The average molecular weight is 236 g/mol. The van der Waals surface area contributed by atoms with Gasteiger partial charge in [0.1, 0.15) is 5.76 Å². The number of nitrogens with zero attached hydrogens (tertiary/aromatic N) is 1. The number of nitrogens with one attached hydrogen (secondary N) is 1. The monoisotopic (exact) mass is 236 g/mol. The Morgan fingerprint density at radius 1 is 1.53 bits per heavy atom. The highest BCUT2D eigenvalue weighted by Crippen LogP contribution is 2.28. The van der Waals surface area contributed by atoms with Gasteiger partial charge in [-0.05, 0) is 45.7 Å². The van der Waals surface area contributed by atoms with Crippen molar-refractivity contribution in [3.05, 3.63) is 24.2 Å². The number of rotatable bonds is 3. The van der Waals surface area contributed by atoms with Gasteiger partial charge in [0.15, 0.2) is 0 Å². The average Bonchev–Trinajstić information content (AvgIpc) is 2.89. The third kappa shape index (κ3) is 3.51. The fraction of sp³-hybridized carbons (Fsp3) is 0.615. The van der Waals surface area contributed by atoms with E-state index < -0.39 is 0 Å².